The molecule has 0 aromatic carbocycles. The standard InChI is InChI=1S/C10H20N2O4S/c1-2-3-10(9(13)14)4-5-12(8-10)6-7-17(11,15)16/h2-8H2,1H3,(H,13,14)(H2,11,15,16). The Morgan fingerprint density at radius 1 is 1.53 bits per heavy atom. The lowest BCUT2D eigenvalue weighted by Crippen LogP contribution is -2.36. The molecule has 1 unspecified atom stereocenters. The van der Waals surface area contributed by atoms with E-state index in [2.05, 4.69) is 0 Å². The Balaban J connectivity index is 2.58. The van der Waals surface area contributed by atoms with Gasteiger partial charge in [0.1, 0.15) is 0 Å². The number of rotatable bonds is 6. The van der Waals surface area contributed by atoms with Crippen LogP contribution in [-0.4, -0.2) is 49.8 Å². The molecule has 0 spiro atoms. The minimum Gasteiger partial charge on any atom is -0.481 e. The van der Waals surface area contributed by atoms with Gasteiger partial charge in [-0.25, -0.2) is 13.6 Å². The number of nitrogens with two attached hydrogens (primary N) is 1. The van der Waals surface area contributed by atoms with Crippen LogP contribution in [0.15, 0.2) is 0 Å². The van der Waals surface area contributed by atoms with Gasteiger partial charge in [-0.1, -0.05) is 13.3 Å². The van der Waals surface area contributed by atoms with Crippen molar-refractivity contribution in [3.05, 3.63) is 0 Å². The number of likely N-dealkylation sites (tertiary alicyclic amines) is 1. The summed E-state index contributed by atoms with van der Waals surface area (Å²) in [4.78, 5) is 13.2. The number of carbonyl (C=O) groups is 1. The molecule has 17 heavy (non-hydrogen) atoms. The summed E-state index contributed by atoms with van der Waals surface area (Å²) in [6.07, 6.45) is 2.03. The van der Waals surface area contributed by atoms with Crippen molar-refractivity contribution in [1.29, 1.82) is 0 Å². The van der Waals surface area contributed by atoms with Gasteiger partial charge in [-0.05, 0) is 19.4 Å². The van der Waals surface area contributed by atoms with Crippen molar-refractivity contribution in [3.63, 3.8) is 0 Å². The monoisotopic (exact) mass is 264 g/mol. The van der Waals surface area contributed by atoms with Crippen molar-refractivity contribution in [2.24, 2.45) is 10.6 Å². The Hall–Kier alpha value is -0.660. The Bertz CT molecular complexity index is 382. The largest absolute Gasteiger partial charge is 0.481 e. The number of primary sulfonamides is 1. The van der Waals surface area contributed by atoms with E-state index < -0.39 is 21.4 Å². The van der Waals surface area contributed by atoms with Gasteiger partial charge in [-0.15, -0.1) is 0 Å². The zero-order valence-electron chi connectivity index (χ0n) is 10.1. The minimum absolute atomic E-state index is 0.116. The summed E-state index contributed by atoms with van der Waals surface area (Å²) in [6, 6.07) is 0. The summed E-state index contributed by atoms with van der Waals surface area (Å²) >= 11 is 0. The third-order valence-corrected chi connectivity index (χ3v) is 4.06. The second-order valence-corrected chi connectivity index (χ2v) is 6.46. The quantitative estimate of drug-likeness (QED) is 0.695. The summed E-state index contributed by atoms with van der Waals surface area (Å²) in [5.74, 6) is -0.896. The molecule has 1 aliphatic heterocycles. The van der Waals surface area contributed by atoms with E-state index in [1.807, 2.05) is 11.8 Å². The number of hydrogen-bond acceptors (Lipinski definition) is 4. The van der Waals surface area contributed by atoms with E-state index in [1.54, 1.807) is 0 Å². The molecule has 1 atom stereocenters. The van der Waals surface area contributed by atoms with Gasteiger partial charge in [0.15, 0.2) is 0 Å². The molecule has 1 rings (SSSR count). The van der Waals surface area contributed by atoms with Gasteiger partial charge in [0.2, 0.25) is 10.0 Å². The highest BCUT2D eigenvalue weighted by molar-refractivity contribution is 7.89. The minimum atomic E-state index is -3.47. The van der Waals surface area contributed by atoms with Gasteiger partial charge < -0.3 is 10.0 Å². The van der Waals surface area contributed by atoms with Crippen LogP contribution in [0, 0.1) is 5.41 Å². The van der Waals surface area contributed by atoms with Crippen molar-refractivity contribution in [2.45, 2.75) is 26.2 Å². The predicted octanol–water partition coefficient (Wildman–Crippen LogP) is -0.148. The highest BCUT2D eigenvalue weighted by atomic mass is 32.2. The van der Waals surface area contributed by atoms with Crippen LogP contribution in [0.25, 0.3) is 0 Å². The first-order valence-corrected chi connectivity index (χ1v) is 7.47. The van der Waals surface area contributed by atoms with Crippen LogP contribution in [0.3, 0.4) is 0 Å². The first kappa shape index (κ1) is 14.4. The second kappa shape index (κ2) is 5.32. The van der Waals surface area contributed by atoms with E-state index in [-0.39, 0.29) is 5.75 Å². The van der Waals surface area contributed by atoms with Crippen molar-refractivity contribution < 1.29 is 18.3 Å². The predicted molar refractivity (Wildman–Crippen MR) is 64.0 cm³/mol. The van der Waals surface area contributed by atoms with E-state index in [0.29, 0.717) is 32.5 Å². The molecule has 0 bridgehead atoms. The molecule has 0 aromatic heterocycles. The molecule has 1 aliphatic rings. The van der Waals surface area contributed by atoms with Crippen LogP contribution in [-0.2, 0) is 14.8 Å². The lowest BCUT2D eigenvalue weighted by molar-refractivity contribution is -0.148. The van der Waals surface area contributed by atoms with E-state index in [1.165, 1.54) is 0 Å². The number of nitrogens with zero attached hydrogens (tertiary/aromatic N) is 1. The number of aliphatic carboxylic acids is 1. The Labute approximate surface area is 102 Å². The van der Waals surface area contributed by atoms with Crippen LogP contribution in [0.5, 0.6) is 0 Å². The van der Waals surface area contributed by atoms with Crippen LogP contribution in [0.2, 0.25) is 0 Å². The summed E-state index contributed by atoms with van der Waals surface area (Å²) in [6.45, 7) is 3.32. The molecule has 0 saturated carbocycles. The zero-order chi connectivity index (χ0) is 13.1. The summed E-state index contributed by atoms with van der Waals surface area (Å²) in [7, 11) is -3.47. The highest BCUT2D eigenvalue weighted by Gasteiger charge is 2.43. The number of hydrogen-bond donors (Lipinski definition) is 2. The summed E-state index contributed by atoms with van der Waals surface area (Å²) < 4.78 is 21.7. The average molecular weight is 264 g/mol. The van der Waals surface area contributed by atoms with E-state index in [9.17, 15) is 18.3 Å². The molecule has 3 N–H and O–H groups in total. The molecule has 0 radical (unpaired) electrons. The maximum absolute atomic E-state index is 11.3. The average Bonchev–Trinajstić information content (AvgIpc) is 2.59. The first-order chi connectivity index (χ1) is 7.79. The summed E-state index contributed by atoms with van der Waals surface area (Å²) in [5, 5.41) is 14.2. The van der Waals surface area contributed by atoms with Crippen molar-refractivity contribution in [3.8, 4) is 0 Å². The maximum Gasteiger partial charge on any atom is 0.310 e. The van der Waals surface area contributed by atoms with Gasteiger partial charge in [0.25, 0.3) is 0 Å². The number of carboxylic acid groups (broad SMARTS) is 1. The molecule has 1 saturated heterocycles. The van der Waals surface area contributed by atoms with Gasteiger partial charge in [0, 0.05) is 13.1 Å². The topological polar surface area (TPSA) is 101 Å². The van der Waals surface area contributed by atoms with Crippen molar-refractivity contribution >= 4 is 16.0 Å². The number of sulfonamides is 1. The molecule has 7 heteroatoms. The first-order valence-electron chi connectivity index (χ1n) is 5.75. The van der Waals surface area contributed by atoms with Gasteiger partial charge in [-0.3, -0.25) is 4.79 Å². The fourth-order valence-electron chi connectivity index (χ4n) is 2.37. The molecule has 100 valence electrons. The van der Waals surface area contributed by atoms with Crippen molar-refractivity contribution in [2.75, 3.05) is 25.4 Å². The summed E-state index contributed by atoms with van der Waals surface area (Å²) in [5.41, 5.74) is -0.701. The molecular formula is C10H20N2O4S. The fourth-order valence-corrected chi connectivity index (χ4v) is 2.88. The van der Waals surface area contributed by atoms with Crippen LogP contribution in [0.4, 0.5) is 0 Å². The van der Waals surface area contributed by atoms with E-state index >= 15 is 0 Å². The Morgan fingerprint density at radius 2 is 2.18 bits per heavy atom. The van der Waals surface area contributed by atoms with Gasteiger partial charge in [-0.2, -0.15) is 0 Å². The third kappa shape index (κ3) is 3.93. The third-order valence-electron chi connectivity index (χ3n) is 3.31. The van der Waals surface area contributed by atoms with Gasteiger partial charge >= 0.3 is 5.97 Å². The second-order valence-electron chi connectivity index (χ2n) is 4.73. The van der Waals surface area contributed by atoms with Crippen LogP contribution >= 0.6 is 0 Å². The lowest BCUT2D eigenvalue weighted by Gasteiger charge is -2.24. The molecule has 0 aromatic rings. The molecule has 0 aliphatic carbocycles. The van der Waals surface area contributed by atoms with E-state index in [4.69, 9.17) is 5.14 Å². The molecule has 1 fully saturated rings. The lowest BCUT2D eigenvalue weighted by atomic mass is 9.83. The molecular weight excluding hydrogens is 244 g/mol. The van der Waals surface area contributed by atoms with Crippen molar-refractivity contribution in [1.82, 2.24) is 4.90 Å². The Kier molecular flexibility index (Phi) is 4.51. The SMILES string of the molecule is CCCC1(C(=O)O)CCN(CCS(N)(=O)=O)C1. The zero-order valence-corrected chi connectivity index (χ0v) is 10.9. The maximum atomic E-state index is 11.3. The van der Waals surface area contributed by atoms with Crippen LogP contribution in [0.1, 0.15) is 26.2 Å². The molecule has 1 heterocycles. The van der Waals surface area contributed by atoms with E-state index in [0.717, 1.165) is 6.42 Å². The fraction of sp³-hybridized carbons (Fsp3) is 0.900. The highest BCUT2D eigenvalue weighted by Crippen LogP contribution is 2.35. The molecule has 6 nitrogen and oxygen atoms in total. The normalized spacial score (nSPS) is 26.2. The van der Waals surface area contributed by atoms with Crippen LogP contribution < -0.4 is 5.14 Å². The Morgan fingerprint density at radius 3 is 2.65 bits per heavy atom. The van der Waals surface area contributed by atoms with Gasteiger partial charge in [0.05, 0.1) is 11.2 Å². The molecule has 0 amide bonds. The smallest absolute Gasteiger partial charge is 0.310 e. The number of carboxylic acids is 1.